The molecule has 0 fully saturated rings. The van der Waals surface area contributed by atoms with Crippen LogP contribution in [0.25, 0.3) is 0 Å². The van der Waals surface area contributed by atoms with Gasteiger partial charge in [0, 0.05) is 45.6 Å². The highest BCUT2D eigenvalue weighted by Gasteiger charge is 2.37. The first kappa shape index (κ1) is 59.8. The molecule has 0 aromatic heterocycles. The Morgan fingerprint density at radius 2 is 0.702 bits per heavy atom. The van der Waals surface area contributed by atoms with Crippen LogP contribution in [-0.2, 0) is 45.6 Å². The number of thioether (sulfide) groups is 1. The standard InChI is InChI=1S/C71H66O8S5/c1-9-71(8,79-67-47-46-66(67)69(4,5)50-12-22-54(73)23-13-50)52-18-40-63(41-19-52)84(76,77)65-44-36-60(37-45-65)81-58-30-28-57(29-31-58)80-59-32-34-61(35-33-59)82-70(6,7)51-16-38-62(39-17-51)83(74,75)64-42-26-56(27-43-64)78-55-24-14-49(15-25-55)68(2,3)48-10-20-53(72)21-11-48/h10-47,72-73H,9H2,1-8H3. The van der Waals surface area contributed by atoms with Crippen LogP contribution in [0.4, 0.5) is 0 Å². The van der Waals surface area contributed by atoms with E-state index in [0.717, 1.165) is 63.6 Å². The lowest BCUT2D eigenvalue weighted by Gasteiger charge is -2.39. The van der Waals surface area contributed by atoms with Gasteiger partial charge < -0.3 is 19.7 Å². The third-order valence-electron chi connectivity index (χ3n) is 15.7. The van der Waals surface area contributed by atoms with Crippen LogP contribution in [-0.4, -0.2) is 27.0 Å². The van der Waals surface area contributed by atoms with Crippen LogP contribution in [0, 0.1) is 0 Å². The number of ether oxygens (including phenoxy) is 2. The van der Waals surface area contributed by atoms with Crippen molar-refractivity contribution in [3.63, 3.8) is 0 Å². The van der Waals surface area contributed by atoms with Crippen molar-refractivity contribution in [2.45, 2.75) is 127 Å². The van der Waals surface area contributed by atoms with E-state index in [1.807, 2.05) is 97.9 Å². The van der Waals surface area contributed by atoms with Crippen molar-refractivity contribution in [3.05, 3.63) is 270 Å². The largest absolute Gasteiger partial charge is 0.508 e. The van der Waals surface area contributed by atoms with E-state index in [4.69, 9.17) is 9.47 Å². The van der Waals surface area contributed by atoms with Crippen molar-refractivity contribution >= 4 is 55.0 Å². The molecule has 0 radical (unpaired) electrons. The van der Waals surface area contributed by atoms with Gasteiger partial charge in [0.25, 0.3) is 0 Å². The van der Waals surface area contributed by atoms with Gasteiger partial charge in [0.1, 0.15) is 34.4 Å². The summed E-state index contributed by atoms with van der Waals surface area (Å²) in [6.07, 6.45) is 4.70. The van der Waals surface area contributed by atoms with Crippen molar-refractivity contribution in [1.82, 2.24) is 0 Å². The number of hydrogen-bond acceptors (Lipinski definition) is 11. The Labute approximate surface area is 507 Å². The molecule has 1 aliphatic carbocycles. The van der Waals surface area contributed by atoms with Gasteiger partial charge in [-0.15, -0.1) is 11.8 Å². The number of hydrogen-bond donors (Lipinski definition) is 2. The highest BCUT2D eigenvalue weighted by molar-refractivity contribution is 8.00. The van der Waals surface area contributed by atoms with Crippen LogP contribution in [0.3, 0.4) is 0 Å². The van der Waals surface area contributed by atoms with E-state index in [9.17, 15) is 27.0 Å². The average Bonchev–Trinajstić information content (AvgIpc) is 3.65. The summed E-state index contributed by atoms with van der Waals surface area (Å²) in [6.45, 7) is 16.9. The fourth-order valence-electron chi connectivity index (χ4n) is 10.0. The molecule has 13 heteroatoms. The van der Waals surface area contributed by atoms with Gasteiger partial charge >= 0.3 is 0 Å². The monoisotopic (exact) mass is 1210 g/mol. The summed E-state index contributed by atoms with van der Waals surface area (Å²) in [7, 11) is -7.57. The molecule has 0 aliphatic heterocycles. The van der Waals surface area contributed by atoms with E-state index in [-0.39, 0.29) is 46.7 Å². The van der Waals surface area contributed by atoms with Crippen LogP contribution in [0.5, 0.6) is 23.0 Å². The molecular formula is C71H66O8S5. The van der Waals surface area contributed by atoms with E-state index in [1.165, 1.54) is 0 Å². The SMILES string of the molecule is CCC(C)(OC1=CC=C1C(C)(C)c1ccc(O)cc1)c1ccc(S(=O)(=O)c2ccc(Sc3ccc(Sc4ccc(SC(C)(C)c5ccc(S(=O)(=O)c6ccc(Oc7ccc(C(C)(C)c8ccc(O)cc8)cc7)cc6)cc5)cc4)cc3)cc2)cc1. The van der Waals surface area contributed by atoms with Crippen molar-refractivity contribution in [1.29, 1.82) is 0 Å². The third kappa shape index (κ3) is 13.0. The van der Waals surface area contributed by atoms with Gasteiger partial charge in [0.05, 0.1) is 19.6 Å². The fourth-order valence-corrected chi connectivity index (χ4v) is 15.3. The quantitative estimate of drug-likeness (QED) is 0.0668. The minimum Gasteiger partial charge on any atom is -0.508 e. The van der Waals surface area contributed by atoms with Crippen molar-refractivity contribution in [2.24, 2.45) is 0 Å². The number of allylic oxidation sites excluding steroid dienone is 3. The first-order chi connectivity index (χ1) is 39.9. The van der Waals surface area contributed by atoms with E-state index >= 15 is 0 Å². The van der Waals surface area contributed by atoms with Gasteiger partial charge in [0.15, 0.2) is 0 Å². The summed E-state index contributed by atoms with van der Waals surface area (Å²) in [5.41, 5.74) is 4.82. The van der Waals surface area contributed by atoms with Crippen molar-refractivity contribution in [2.75, 3.05) is 0 Å². The minimum atomic E-state index is -3.78. The zero-order chi connectivity index (χ0) is 59.7. The van der Waals surface area contributed by atoms with E-state index in [0.29, 0.717) is 17.9 Å². The van der Waals surface area contributed by atoms with Gasteiger partial charge in [-0.2, -0.15) is 0 Å². The highest BCUT2D eigenvalue weighted by Crippen LogP contribution is 2.46. The minimum absolute atomic E-state index is 0.180. The first-order valence-electron chi connectivity index (χ1n) is 27.6. The predicted octanol–water partition coefficient (Wildman–Crippen LogP) is 18.7. The lowest BCUT2D eigenvalue weighted by Crippen LogP contribution is -2.31. The van der Waals surface area contributed by atoms with Gasteiger partial charge in [-0.25, -0.2) is 16.8 Å². The molecule has 1 unspecified atom stereocenters. The average molecular weight is 1210 g/mol. The number of aromatic hydroxyl groups is 2. The van der Waals surface area contributed by atoms with Crippen molar-refractivity contribution < 1.29 is 36.5 Å². The molecule has 8 nitrogen and oxygen atoms in total. The van der Waals surface area contributed by atoms with Crippen molar-refractivity contribution in [3.8, 4) is 23.0 Å². The molecule has 0 amide bonds. The zero-order valence-corrected chi connectivity index (χ0v) is 52.1. The Morgan fingerprint density at radius 3 is 1.10 bits per heavy atom. The van der Waals surface area contributed by atoms with Crippen LogP contribution >= 0.6 is 35.3 Å². The molecule has 0 bridgehead atoms. The summed E-state index contributed by atoms with van der Waals surface area (Å²) in [5.74, 6) is 2.40. The molecule has 1 atom stereocenters. The van der Waals surface area contributed by atoms with Crippen LogP contribution < -0.4 is 4.74 Å². The molecule has 84 heavy (non-hydrogen) atoms. The van der Waals surface area contributed by atoms with E-state index in [2.05, 4.69) is 103 Å². The van der Waals surface area contributed by atoms with Crippen LogP contribution in [0.2, 0.25) is 0 Å². The number of phenols is 2. The molecule has 428 valence electrons. The maximum atomic E-state index is 13.9. The van der Waals surface area contributed by atoms with Gasteiger partial charge in [-0.1, -0.05) is 125 Å². The van der Waals surface area contributed by atoms with E-state index < -0.39 is 25.3 Å². The fraction of sp³-hybridized carbons (Fsp3) is 0.183. The van der Waals surface area contributed by atoms with Gasteiger partial charge in [0.2, 0.25) is 19.7 Å². The number of sulfone groups is 2. The van der Waals surface area contributed by atoms with Crippen LogP contribution in [0.15, 0.2) is 286 Å². The summed E-state index contributed by atoms with van der Waals surface area (Å²) < 4.78 is 67.7. The Morgan fingerprint density at radius 1 is 0.381 bits per heavy atom. The Hall–Kier alpha value is -7.39. The van der Waals surface area contributed by atoms with Crippen LogP contribution in [0.1, 0.15) is 89.6 Å². The summed E-state index contributed by atoms with van der Waals surface area (Å²) in [4.78, 5) is 6.05. The molecule has 10 rings (SSSR count). The predicted molar refractivity (Wildman–Crippen MR) is 339 cm³/mol. The lowest BCUT2D eigenvalue weighted by molar-refractivity contribution is 0.0110. The smallest absolute Gasteiger partial charge is 0.206 e. The second-order valence-electron chi connectivity index (χ2n) is 22.5. The molecule has 0 heterocycles. The Kier molecular flexibility index (Phi) is 17.0. The van der Waals surface area contributed by atoms with Gasteiger partial charge in [-0.3, -0.25) is 0 Å². The molecular weight excluding hydrogens is 1140 g/mol. The lowest BCUT2D eigenvalue weighted by atomic mass is 9.73. The summed E-state index contributed by atoms with van der Waals surface area (Å²) in [5, 5.41) is 19.6. The maximum Gasteiger partial charge on any atom is 0.206 e. The second-order valence-corrected chi connectivity index (χ2v) is 30.4. The highest BCUT2D eigenvalue weighted by atomic mass is 32.2. The maximum absolute atomic E-state index is 13.9. The number of rotatable bonds is 21. The molecule has 9 aromatic carbocycles. The molecule has 9 aromatic rings. The topological polar surface area (TPSA) is 127 Å². The zero-order valence-electron chi connectivity index (χ0n) is 48.0. The second kappa shape index (κ2) is 23.9. The number of phenolic OH excluding ortho intramolecular Hbond substituents is 2. The third-order valence-corrected chi connectivity index (χ3v) is 22.6. The molecule has 1 aliphatic rings. The van der Waals surface area contributed by atoms with Gasteiger partial charge in [-0.05, 0) is 219 Å². The molecule has 2 N–H and O–H groups in total. The van der Waals surface area contributed by atoms with E-state index in [1.54, 1.807) is 120 Å². The normalized spacial score (nSPS) is 13.7. The first-order valence-corrected chi connectivity index (χ1v) is 33.0. The molecule has 0 saturated carbocycles. The summed E-state index contributed by atoms with van der Waals surface area (Å²) in [6, 6.07) is 66.7. The Balaban J connectivity index is 0.694. The molecule has 0 saturated heterocycles. The molecule has 0 spiro atoms. The summed E-state index contributed by atoms with van der Waals surface area (Å²) >= 11 is 4.94. The Bertz CT molecular complexity index is 4080. The number of benzene rings is 9.